The van der Waals surface area contributed by atoms with Gasteiger partial charge in [0.2, 0.25) is 0 Å². The fraction of sp³-hybridized carbons (Fsp3) is 0.400. The van der Waals surface area contributed by atoms with E-state index >= 15 is 0 Å². The zero-order valence-corrected chi connectivity index (χ0v) is 12.4. The normalized spacial score (nSPS) is 14.3. The highest BCUT2D eigenvalue weighted by atomic mass is 28.3. The highest BCUT2D eigenvalue weighted by Gasteiger charge is 2.22. The van der Waals surface area contributed by atoms with Crippen LogP contribution in [-0.4, -0.2) is 25.1 Å². The van der Waals surface area contributed by atoms with Gasteiger partial charge >= 0.3 is 0 Å². The van der Waals surface area contributed by atoms with E-state index in [1.165, 1.54) is 0 Å². The van der Waals surface area contributed by atoms with Crippen molar-refractivity contribution < 1.29 is 9.90 Å². The molecule has 0 aliphatic carbocycles. The van der Waals surface area contributed by atoms with Gasteiger partial charge in [0, 0.05) is 5.56 Å². The van der Waals surface area contributed by atoms with Gasteiger partial charge in [-0.05, 0) is 0 Å². The molecule has 0 saturated carbocycles. The van der Waals surface area contributed by atoms with Gasteiger partial charge < -0.3 is 5.11 Å². The van der Waals surface area contributed by atoms with Gasteiger partial charge in [-0.2, -0.15) is 0 Å². The number of carbonyl (C=O) groups excluding carboxylic acids is 1. The third-order valence-electron chi connectivity index (χ3n) is 2.54. The molecular formula is C15H20O2Si. The Morgan fingerprint density at radius 1 is 1.22 bits per heavy atom. The van der Waals surface area contributed by atoms with E-state index in [2.05, 4.69) is 31.1 Å². The molecule has 0 aliphatic rings. The van der Waals surface area contributed by atoms with Gasteiger partial charge in [0.25, 0.3) is 0 Å². The Kier molecular flexibility index (Phi) is 4.89. The first kappa shape index (κ1) is 14.7. The lowest BCUT2D eigenvalue weighted by molar-refractivity contribution is 0.0817. The summed E-state index contributed by atoms with van der Waals surface area (Å²) in [6.07, 6.45) is -0.885. The predicted molar refractivity (Wildman–Crippen MR) is 77.1 cm³/mol. The van der Waals surface area contributed by atoms with Crippen molar-refractivity contribution >= 4 is 13.9 Å². The van der Waals surface area contributed by atoms with E-state index in [4.69, 9.17) is 0 Å². The number of hydrogen-bond acceptors (Lipinski definition) is 2. The first-order valence-electron chi connectivity index (χ1n) is 6.11. The van der Waals surface area contributed by atoms with Crippen molar-refractivity contribution in [2.45, 2.75) is 32.7 Å². The average molecular weight is 260 g/mol. The second kappa shape index (κ2) is 5.99. The Labute approximate surface area is 110 Å². The summed E-state index contributed by atoms with van der Waals surface area (Å²) in [5, 5.41) is 9.94. The van der Waals surface area contributed by atoms with Crippen LogP contribution in [0.3, 0.4) is 0 Å². The molecule has 2 atom stereocenters. The largest absolute Gasteiger partial charge is 0.380 e. The first-order valence-corrected chi connectivity index (χ1v) is 9.61. The summed E-state index contributed by atoms with van der Waals surface area (Å²) in [5.41, 5.74) is 3.72. The molecule has 0 spiro atoms. The Morgan fingerprint density at radius 3 is 2.28 bits per heavy atom. The molecule has 0 fully saturated rings. The molecule has 0 heterocycles. The number of ketones is 1. The summed E-state index contributed by atoms with van der Waals surface area (Å²) in [6, 6.07) is 9.03. The molecule has 3 heteroatoms. The summed E-state index contributed by atoms with van der Waals surface area (Å²) in [4.78, 5) is 12.1. The lowest BCUT2D eigenvalue weighted by Crippen LogP contribution is -2.26. The van der Waals surface area contributed by atoms with Crippen molar-refractivity contribution in [1.29, 1.82) is 0 Å². The van der Waals surface area contributed by atoms with Gasteiger partial charge in [-0.15, -0.1) is 5.54 Å². The first-order chi connectivity index (χ1) is 8.31. The van der Waals surface area contributed by atoms with Gasteiger partial charge in [-0.25, -0.2) is 0 Å². The van der Waals surface area contributed by atoms with Crippen LogP contribution >= 0.6 is 0 Å². The molecular weight excluding hydrogens is 240 g/mol. The second-order valence-corrected chi connectivity index (χ2v) is 10.2. The van der Waals surface area contributed by atoms with Crippen molar-refractivity contribution in [3.05, 3.63) is 35.9 Å². The smallest absolute Gasteiger partial charge is 0.169 e. The third kappa shape index (κ3) is 4.48. The SMILES string of the molecule is CC(C(=O)c1ccccc1)C(O)C#C[Si](C)(C)C. The molecule has 0 aliphatic heterocycles. The lowest BCUT2D eigenvalue weighted by Gasteiger charge is -2.13. The van der Waals surface area contributed by atoms with Crippen molar-refractivity contribution in [3.63, 3.8) is 0 Å². The van der Waals surface area contributed by atoms with E-state index < -0.39 is 20.1 Å². The van der Waals surface area contributed by atoms with Crippen LogP contribution in [0, 0.1) is 17.4 Å². The minimum absolute atomic E-state index is 0.0621. The Bertz CT molecular complexity index is 463. The monoisotopic (exact) mass is 260 g/mol. The van der Waals surface area contributed by atoms with Gasteiger partial charge in [0.1, 0.15) is 14.2 Å². The van der Waals surface area contributed by atoms with Crippen molar-refractivity contribution in [1.82, 2.24) is 0 Å². The zero-order valence-electron chi connectivity index (χ0n) is 11.4. The van der Waals surface area contributed by atoms with E-state index in [1.54, 1.807) is 19.1 Å². The Morgan fingerprint density at radius 2 is 1.78 bits per heavy atom. The average Bonchev–Trinajstić information content (AvgIpc) is 2.34. The van der Waals surface area contributed by atoms with Gasteiger partial charge in [-0.1, -0.05) is 62.8 Å². The quantitative estimate of drug-likeness (QED) is 0.515. The van der Waals surface area contributed by atoms with E-state index in [1.807, 2.05) is 18.2 Å². The molecule has 2 nitrogen and oxygen atoms in total. The molecule has 1 aromatic carbocycles. The molecule has 96 valence electrons. The Balaban J connectivity index is 2.78. The number of benzene rings is 1. The number of Topliss-reactive ketones (excluding diaryl/α,β-unsaturated/α-hetero) is 1. The summed E-state index contributed by atoms with van der Waals surface area (Å²) < 4.78 is 0. The molecule has 1 N–H and O–H groups in total. The number of rotatable bonds is 3. The van der Waals surface area contributed by atoms with E-state index in [0.29, 0.717) is 5.56 Å². The van der Waals surface area contributed by atoms with Crippen molar-refractivity contribution in [2.75, 3.05) is 0 Å². The molecule has 1 aromatic rings. The van der Waals surface area contributed by atoms with Crippen LogP contribution in [0.15, 0.2) is 30.3 Å². The molecule has 2 unspecified atom stereocenters. The van der Waals surface area contributed by atoms with Gasteiger partial charge in [-0.3, -0.25) is 4.79 Å². The zero-order chi connectivity index (χ0) is 13.8. The third-order valence-corrected chi connectivity index (χ3v) is 3.43. The van der Waals surface area contributed by atoms with Crippen LogP contribution in [0.4, 0.5) is 0 Å². The van der Waals surface area contributed by atoms with Crippen LogP contribution in [0.2, 0.25) is 19.6 Å². The summed E-state index contributed by atoms with van der Waals surface area (Å²) in [6.45, 7) is 8.04. The molecule has 18 heavy (non-hydrogen) atoms. The van der Waals surface area contributed by atoms with Crippen LogP contribution in [-0.2, 0) is 0 Å². The minimum Gasteiger partial charge on any atom is -0.380 e. The lowest BCUT2D eigenvalue weighted by atomic mass is 9.95. The fourth-order valence-electron chi connectivity index (χ4n) is 1.42. The highest BCUT2D eigenvalue weighted by Crippen LogP contribution is 2.12. The van der Waals surface area contributed by atoms with Crippen LogP contribution in [0.1, 0.15) is 17.3 Å². The summed E-state index contributed by atoms with van der Waals surface area (Å²) in [5.74, 6) is 2.27. The number of aliphatic hydroxyl groups excluding tert-OH is 1. The maximum Gasteiger partial charge on any atom is 0.169 e. The topological polar surface area (TPSA) is 37.3 Å². The fourth-order valence-corrected chi connectivity index (χ4v) is 2.01. The standard InChI is InChI=1S/C15H20O2Si/c1-12(14(16)10-11-18(2,3)4)15(17)13-8-6-5-7-9-13/h5-9,12,14,16H,1-4H3. The van der Waals surface area contributed by atoms with E-state index in [-0.39, 0.29) is 5.78 Å². The number of hydrogen-bond donors (Lipinski definition) is 1. The molecule has 0 aromatic heterocycles. The molecule has 0 saturated heterocycles. The van der Waals surface area contributed by atoms with Crippen LogP contribution in [0.25, 0.3) is 0 Å². The van der Waals surface area contributed by atoms with E-state index in [0.717, 1.165) is 0 Å². The van der Waals surface area contributed by atoms with E-state index in [9.17, 15) is 9.90 Å². The maximum absolute atomic E-state index is 12.1. The molecule has 1 rings (SSSR count). The van der Waals surface area contributed by atoms with Gasteiger partial charge in [0.15, 0.2) is 5.78 Å². The van der Waals surface area contributed by atoms with Crippen molar-refractivity contribution in [3.8, 4) is 11.5 Å². The molecule has 0 radical (unpaired) electrons. The summed E-state index contributed by atoms with van der Waals surface area (Å²) in [7, 11) is -1.51. The predicted octanol–water partition coefficient (Wildman–Crippen LogP) is 2.75. The maximum atomic E-state index is 12.1. The number of aliphatic hydroxyl groups is 1. The molecule has 0 amide bonds. The second-order valence-electron chi connectivity index (χ2n) is 5.48. The highest BCUT2D eigenvalue weighted by molar-refractivity contribution is 6.83. The van der Waals surface area contributed by atoms with Gasteiger partial charge in [0.05, 0.1) is 5.92 Å². The van der Waals surface area contributed by atoms with Crippen LogP contribution < -0.4 is 0 Å². The Hall–Kier alpha value is -1.37. The van der Waals surface area contributed by atoms with Crippen LogP contribution in [0.5, 0.6) is 0 Å². The molecule has 0 bridgehead atoms. The van der Waals surface area contributed by atoms with Crippen molar-refractivity contribution in [2.24, 2.45) is 5.92 Å². The summed E-state index contributed by atoms with van der Waals surface area (Å²) >= 11 is 0. The number of carbonyl (C=O) groups is 1. The minimum atomic E-state index is -1.51.